The van der Waals surface area contributed by atoms with Crippen molar-refractivity contribution in [2.75, 3.05) is 6.54 Å². The van der Waals surface area contributed by atoms with Crippen LogP contribution in [-0.4, -0.2) is 37.5 Å². The minimum absolute atomic E-state index is 0.0168. The molecule has 2 atom stereocenters. The molecule has 5 rings (SSSR count). The van der Waals surface area contributed by atoms with Crippen molar-refractivity contribution in [3.05, 3.63) is 92.9 Å². The van der Waals surface area contributed by atoms with Crippen molar-refractivity contribution >= 4 is 0 Å². The largest absolute Gasteiger partial charge is 0.503 e. The Morgan fingerprint density at radius 3 is 2.16 bits per heavy atom. The van der Waals surface area contributed by atoms with E-state index in [9.17, 15) is 15.0 Å². The van der Waals surface area contributed by atoms with Gasteiger partial charge in [0, 0.05) is 18.5 Å². The third-order valence-electron chi connectivity index (χ3n) is 6.78. The zero-order valence-corrected chi connectivity index (χ0v) is 17.8. The lowest BCUT2D eigenvalue weighted by Gasteiger charge is -2.44. The molecule has 0 bridgehead atoms. The fourth-order valence-corrected chi connectivity index (χ4v) is 5.25. The molecule has 2 unspecified atom stereocenters. The van der Waals surface area contributed by atoms with Gasteiger partial charge in [0.1, 0.15) is 5.69 Å². The summed E-state index contributed by atoms with van der Waals surface area (Å²) < 4.78 is 1.68. The molecule has 2 aromatic carbocycles. The lowest BCUT2D eigenvalue weighted by molar-refractivity contribution is -0.0584. The predicted octanol–water partition coefficient (Wildman–Crippen LogP) is 3.14. The molecule has 3 aromatic rings. The molecule has 0 spiro atoms. The van der Waals surface area contributed by atoms with Crippen LogP contribution in [0, 0.1) is 0 Å². The van der Waals surface area contributed by atoms with Crippen molar-refractivity contribution in [2.24, 2.45) is 0 Å². The fourth-order valence-electron chi connectivity index (χ4n) is 5.25. The lowest BCUT2D eigenvalue weighted by atomic mass is 9.81. The second kappa shape index (κ2) is 7.62. The zero-order chi connectivity index (χ0) is 21.7. The first-order valence-electron chi connectivity index (χ1n) is 10.9. The standard InChI is InChI=1S/C25H27N3O3/c1-15(2)27-14-20(28-23(25(27)31)24(30)21(29)13-26-28)22-18-9-5-3-7-16(18)11-12-17-8-4-6-10-19(17)22/h3-10,13,15,20,22,25,30-31H,11-12,14H2,1-2H3. The fraction of sp³-hybridized carbons (Fsp3) is 0.360. The second-order valence-corrected chi connectivity index (χ2v) is 8.79. The number of fused-ring (bicyclic) bond motifs is 3. The van der Waals surface area contributed by atoms with Crippen molar-refractivity contribution in [1.82, 2.24) is 14.7 Å². The van der Waals surface area contributed by atoms with Crippen molar-refractivity contribution in [2.45, 2.75) is 50.9 Å². The summed E-state index contributed by atoms with van der Waals surface area (Å²) in [5, 5.41) is 26.1. The first kappa shape index (κ1) is 20.0. The molecule has 0 fully saturated rings. The Balaban J connectivity index is 1.78. The van der Waals surface area contributed by atoms with Crippen molar-refractivity contribution in [3.63, 3.8) is 0 Å². The Hall–Kier alpha value is -2.96. The van der Waals surface area contributed by atoms with E-state index in [1.807, 2.05) is 18.7 Å². The molecular weight excluding hydrogens is 390 g/mol. The highest BCUT2D eigenvalue weighted by Crippen LogP contribution is 2.45. The molecule has 0 amide bonds. The average Bonchev–Trinajstić information content (AvgIpc) is 2.93. The van der Waals surface area contributed by atoms with Gasteiger partial charge >= 0.3 is 0 Å². The third-order valence-corrected chi connectivity index (χ3v) is 6.78. The third kappa shape index (κ3) is 3.18. The van der Waals surface area contributed by atoms with Gasteiger partial charge in [-0.25, -0.2) is 0 Å². The molecule has 6 nitrogen and oxygen atoms in total. The zero-order valence-electron chi connectivity index (χ0n) is 17.8. The van der Waals surface area contributed by atoms with Crippen LogP contribution in [0.5, 0.6) is 5.75 Å². The molecule has 2 N–H and O–H groups in total. The highest BCUT2D eigenvalue weighted by atomic mass is 16.3. The van der Waals surface area contributed by atoms with Gasteiger partial charge < -0.3 is 10.2 Å². The summed E-state index contributed by atoms with van der Waals surface area (Å²) in [5.74, 6) is -0.440. The smallest absolute Gasteiger partial charge is 0.242 e. The van der Waals surface area contributed by atoms with E-state index in [2.05, 4.69) is 53.6 Å². The van der Waals surface area contributed by atoms with Crippen molar-refractivity contribution in [3.8, 4) is 5.75 Å². The van der Waals surface area contributed by atoms with E-state index >= 15 is 0 Å². The van der Waals surface area contributed by atoms with E-state index in [1.54, 1.807) is 4.68 Å². The van der Waals surface area contributed by atoms with E-state index in [-0.39, 0.29) is 23.7 Å². The SMILES string of the molecule is CC(C)N1CC(C2c3ccccc3CCc3ccccc32)n2ncc(=O)c(O)c2C1O. The van der Waals surface area contributed by atoms with Gasteiger partial charge in [0.25, 0.3) is 0 Å². The first-order valence-corrected chi connectivity index (χ1v) is 10.9. The minimum atomic E-state index is -1.09. The molecule has 0 radical (unpaired) electrons. The Labute approximate surface area is 181 Å². The van der Waals surface area contributed by atoms with E-state index < -0.39 is 17.4 Å². The molecule has 2 aliphatic rings. The van der Waals surface area contributed by atoms with Crippen LogP contribution in [0.15, 0.2) is 59.5 Å². The van der Waals surface area contributed by atoms with Crippen molar-refractivity contribution < 1.29 is 10.2 Å². The second-order valence-electron chi connectivity index (χ2n) is 8.79. The molecule has 6 heteroatoms. The molecule has 0 saturated heterocycles. The van der Waals surface area contributed by atoms with Gasteiger partial charge in [0.05, 0.1) is 12.2 Å². The van der Waals surface area contributed by atoms with Crippen molar-refractivity contribution in [1.29, 1.82) is 0 Å². The summed E-state index contributed by atoms with van der Waals surface area (Å²) >= 11 is 0. The minimum Gasteiger partial charge on any atom is -0.503 e. The maximum Gasteiger partial charge on any atom is 0.242 e. The number of hydrogen-bond donors (Lipinski definition) is 2. The lowest BCUT2D eigenvalue weighted by Crippen LogP contribution is -2.48. The van der Waals surface area contributed by atoms with Gasteiger partial charge in [0.2, 0.25) is 5.43 Å². The van der Waals surface area contributed by atoms with Crippen LogP contribution in [0.2, 0.25) is 0 Å². The number of nitrogens with zero attached hydrogens (tertiary/aromatic N) is 3. The first-order chi connectivity index (χ1) is 15.0. The number of aliphatic hydroxyl groups is 1. The number of aromatic nitrogens is 2. The maximum absolute atomic E-state index is 12.2. The van der Waals surface area contributed by atoms with Crippen LogP contribution in [0.25, 0.3) is 0 Å². The number of hydrogen-bond acceptors (Lipinski definition) is 5. The van der Waals surface area contributed by atoms with Gasteiger partial charge in [-0.2, -0.15) is 5.10 Å². The van der Waals surface area contributed by atoms with Gasteiger partial charge in [0.15, 0.2) is 12.0 Å². The molecule has 1 aliphatic carbocycles. The maximum atomic E-state index is 12.2. The summed E-state index contributed by atoms with van der Waals surface area (Å²) in [6.45, 7) is 4.57. The Bertz CT molecular complexity index is 1140. The number of aliphatic hydroxyl groups excluding tert-OH is 1. The topological polar surface area (TPSA) is 78.6 Å². The molecule has 31 heavy (non-hydrogen) atoms. The Morgan fingerprint density at radius 2 is 1.58 bits per heavy atom. The van der Waals surface area contributed by atoms with Crippen LogP contribution in [0.3, 0.4) is 0 Å². The number of rotatable bonds is 2. The predicted molar refractivity (Wildman–Crippen MR) is 118 cm³/mol. The summed E-state index contributed by atoms with van der Waals surface area (Å²) in [4.78, 5) is 14.1. The Kier molecular flexibility index (Phi) is 4.91. The van der Waals surface area contributed by atoms with Gasteiger partial charge in [-0.05, 0) is 48.9 Å². The number of benzene rings is 2. The van der Waals surface area contributed by atoms with Gasteiger partial charge in [-0.15, -0.1) is 0 Å². The highest BCUT2D eigenvalue weighted by Gasteiger charge is 2.42. The summed E-state index contributed by atoms with van der Waals surface area (Å²) in [6, 6.07) is 16.8. The molecule has 1 aromatic heterocycles. The summed E-state index contributed by atoms with van der Waals surface area (Å²) in [5.41, 5.74) is 4.69. The monoisotopic (exact) mass is 417 g/mol. The normalized spacial score (nSPS) is 21.3. The van der Waals surface area contributed by atoms with Crippen LogP contribution in [-0.2, 0) is 12.8 Å². The summed E-state index contributed by atoms with van der Waals surface area (Å²) in [6.07, 6.45) is 1.98. The number of aromatic hydroxyl groups is 1. The summed E-state index contributed by atoms with van der Waals surface area (Å²) in [7, 11) is 0. The van der Waals surface area contributed by atoms with Crippen LogP contribution in [0.4, 0.5) is 0 Å². The molecular formula is C25H27N3O3. The molecule has 2 heterocycles. The van der Waals surface area contributed by atoms with E-state index in [4.69, 9.17) is 0 Å². The van der Waals surface area contributed by atoms with Crippen LogP contribution in [0.1, 0.15) is 60.0 Å². The van der Waals surface area contributed by atoms with E-state index in [0.29, 0.717) is 6.54 Å². The van der Waals surface area contributed by atoms with Gasteiger partial charge in [-0.1, -0.05) is 48.5 Å². The molecule has 1 aliphatic heterocycles. The van der Waals surface area contributed by atoms with E-state index in [1.165, 1.54) is 22.3 Å². The molecule has 0 saturated carbocycles. The van der Waals surface area contributed by atoms with Crippen LogP contribution >= 0.6 is 0 Å². The average molecular weight is 418 g/mol. The Morgan fingerprint density at radius 1 is 1.00 bits per heavy atom. The van der Waals surface area contributed by atoms with E-state index in [0.717, 1.165) is 19.0 Å². The highest BCUT2D eigenvalue weighted by molar-refractivity contribution is 5.46. The quantitative estimate of drug-likeness (QED) is 0.670. The number of aryl methyl sites for hydroxylation is 2. The van der Waals surface area contributed by atoms with Crippen LogP contribution < -0.4 is 5.43 Å². The van der Waals surface area contributed by atoms with Gasteiger partial charge in [-0.3, -0.25) is 14.4 Å². The molecule has 160 valence electrons.